The van der Waals surface area contributed by atoms with Gasteiger partial charge in [0.25, 0.3) is 5.56 Å². The molecule has 8 heteroatoms. The second-order valence-corrected chi connectivity index (χ2v) is 6.46. The van der Waals surface area contributed by atoms with E-state index < -0.39 is 5.56 Å². The first kappa shape index (κ1) is 18.4. The van der Waals surface area contributed by atoms with Crippen molar-refractivity contribution in [2.75, 3.05) is 20.0 Å². The zero-order valence-electron chi connectivity index (χ0n) is 13.1. The fourth-order valence-electron chi connectivity index (χ4n) is 2.00. The van der Waals surface area contributed by atoms with E-state index >= 15 is 0 Å². The Morgan fingerprint density at radius 2 is 2.29 bits per heavy atom. The number of halogens is 1. The van der Waals surface area contributed by atoms with Crippen molar-refractivity contribution in [3.8, 4) is 28.8 Å². The molecule has 1 aromatic carbocycles. The van der Waals surface area contributed by atoms with E-state index in [1.165, 1.54) is 18.9 Å². The normalized spacial score (nSPS) is 10.1. The lowest BCUT2D eigenvalue weighted by molar-refractivity contribution is 0.324. The Morgan fingerprint density at radius 3 is 2.88 bits per heavy atom. The van der Waals surface area contributed by atoms with Crippen LogP contribution in [0.25, 0.3) is 11.3 Å². The van der Waals surface area contributed by atoms with Crippen molar-refractivity contribution in [2.24, 2.45) is 0 Å². The summed E-state index contributed by atoms with van der Waals surface area (Å²) in [6, 6.07) is 5.42. The van der Waals surface area contributed by atoms with Crippen LogP contribution in [0.15, 0.2) is 34.7 Å². The van der Waals surface area contributed by atoms with Gasteiger partial charge in [-0.15, -0.1) is 0 Å². The van der Waals surface area contributed by atoms with E-state index in [-0.39, 0.29) is 5.56 Å². The zero-order chi connectivity index (χ0) is 17.7. The van der Waals surface area contributed by atoms with Crippen LogP contribution >= 0.6 is 34.4 Å². The number of ether oxygens (including phenoxy) is 2. The molecule has 1 heterocycles. The van der Waals surface area contributed by atoms with Crippen molar-refractivity contribution in [2.45, 2.75) is 5.16 Å². The van der Waals surface area contributed by atoms with Gasteiger partial charge in [-0.3, -0.25) is 4.79 Å². The van der Waals surface area contributed by atoms with E-state index in [4.69, 9.17) is 9.47 Å². The topological polar surface area (TPSA) is 88.0 Å². The highest BCUT2D eigenvalue weighted by Crippen LogP contribution is 2.37. The summed E-state index contributed by atoms with van der Waals surface area (Å²) >= 11 is 3.41. The van der Waals surface area contributed by atoms with Crippen LogP contribution in [-0.2, 0) is 0 Å². The number of H-pyrrole nitrogens is 1. The van der Waals surface area contributed by atoms with Crippen LogP contribution in [0, 0.1) is 14.9 Å². The van der Waals surface area contributed by atoms with Gasteiger partial charge < -0.3 is 14.5 Å². The quantitative estimate of drug-likeness (QED) is 0.312. The average molecular weight is 455 g/mol. The van der Waals surface area contributed by atoms with Crippen molar-refractivity contribution >= 4 is 34.4 Å². The standard InChI is InChI=1S/C16H14IN3O3S/c1-4-5-23-14-11(17)6-9(7-12(14)22-2)13-10(8-18)15(21)20-16(19-13)24-3/h4,6-7H,1,5H2,2-3H3,(H,19,20,21). The number of aromatic amines is 1. The first-order chi connectivity index (χ1) is 11.5. The molecule has 0 fully saturated rings. The number of benzene rings is 1. The Kier molecular flexibility index (Phi) is 6.28. The fraction of sp³-hybridized carbons (Fsp3) is 0.188. The van der Waals surface area contributed by atoms with E-state index in [0.717, 1.165) is 3.57 Å². The summed E-state index contributed by atoms with van der Waals surface area (Å²) in [5.74, 6) is 1.07. The molecular formula is C16H14IN3O3S. The van der Waals surface area contributed by atoms with Gasteiger partial charge in [-0.2, -0.15) is 5.26 Å². The third-order valence-electron chi connectivity index (χ3n) is 3.05. The smallest absolute Gasteiger partial charge is 0.270 e. The molecule has 0 radical (unpaired) electrons. The van der Waals surface area contributed by atoms with E-state index in [0.29, 0.717) is 34.5 Å². The minimum atomic E-state index is -0.465. The highest BCUT2D eigenvalue weighted by molar-refractivity contribution is 14.1. The van der Waals surface area contributed by atoms with Gasteiger partial charge in [0.2, 0.25) is 0 Å². The fourth-order valence-corrected chi connectivity index (χ4v) is 3.14. The molecule has 0 bridgehead atoms. The summed E-state index contributed by atoms with van der Waals surface area (Å²) < 4.78 is 11.8. The molecule has 0 atom stereocenters. The third-order valence-corrected chi connectivity index (χ3v) is 4.43. The Balaban J connectivity index is 2.68. The van der Waals surface area contributed by atoms with Gasteiger partial charge in [-0.05, 0) is 41.0 Å². The van der Waals surface area contributed by atoms with Crippen LogP contribution in [0.1, 0.15) is 5.56 Å². The minimum Gasteiger partial charge on any atom is -0.493 e. The number of nitrogens with one attached hydrogen (secondary N) is 1. The second kappa shape index (κ2) is 8.21. The average Bonchev–Trinajstić information content (AvgIpc) is 2.59. The van der Waals surface area contributed by atoms with Crippen molar-refractivity contribution in [1.82, 2.24) is 9.97 Å². The van der Waals surface area contributed by atoms with Crippen molar-refractivity contribution in [3.05, 3.63) is 44.3 Å². The van der Waals surface area contributed by atoms with Crippen LogP contribution in [-0.4, -0.2) is 29.9 Å². The van der Waals surface area contributed by atoms with Crippen LogP contribution in [0.4, 0.5) is 0 Å². The Hall–Kier alpha value is -1.99. The molecule has 0 unspecified atom stereocenters. The first-order valence-electron chi connectivity index (χ1n) is 6.75. The molecule has 2 rings (SSSR count). The predicted molar refractivity (Wildman–Crippen MR) is 102 cm³/mol. The van der Waals surface area contributed by atoms with Gasteiger partial charge in [0.15, 0.2) is 16.7 Å². The first-order valence-corrected chi connectivity index (χ1v) is 9.06. The van der Waals surface area contributed by atoms with E-state index in [1.54, 1.807) is 24.5 Å². The van der Waals surface area contributed by atoms with E-state index in [9.17, 15) is 10.1 Å². The lowest BCUT2D eigenvalue weighted by Gasteiger charge is -2.14. The van der Waals surface area contributed by atoms with Crippen molar-refractivity contribution < 1.29 is 9.47 Å². The Morgan fingerprint density at radius 1 is 1.54 bits per heavy atom. The predicted octanol–water partition coefficient (Wildman–Crippen LogP) is 3.21. The van der Waals surface area contributed by atoms with E-state index in [2.05, 4.69) is 39.1 Å². The SMILES string of the molecule is C=CCOc1c(I)cc(-c2nc(SC)[nH]c(=O)c2C#N)cc1OC. The lowest BCUT2D eigenvalue weighted by atomic mass is 10.1. The number of nitriles is 1. The van der Waals surface area contributed by atoms with E-state index in [1.807, 2.05) is 6.07 Å². The minimum absolute atomic E-state index is 0.0367. The number of thioether (sulfide) groups is 1. The molecule has 1 aromatic heterocycles. The van der Waals surface area contributed by atoms with Crippen molar-refractivity contribution in [1.29, 1.82) is 5.26 Å². The van der Waals surface area contributed by atoms with Gasteiger partial charge in [-0.25, -0.2) is 4.98 Å². The Labute approximate surface area is 157 Å². The molecular weight excluding hydrogens is 441 g/mol. The second-order valence-electron chi connectivity index (χ2n) is 4.50. The maximum absolute atomic E-state index is 12.1. The van der Waals surface area contributed by atoms with Gasteiger partial charge in [-0.1, -0.05) is 24.4 Å². The molecule has 0 aliphatic carbocycles. The van der Waals surface area contributed by atoms with Crippen LogP contribution in [0.3, 0.4) is 0 Å². The molecule has 2 aromatic rings. The summed E-state index contributed by atoms with van der Waals surface area (Å²) in [4.78, 5) is 19.0. The maximum atomic E-state index is 12.1. The summed E-state index contributed by atoms with van der Waals surface area (Å²) in [5.41, 5.74) is 0.426. The number of methoxy groups -OCH3 is 1. The van der Waals surface area contributed by atoms with Gasteiger partial charge in [0.05, 0.1) is 16.4 Å². The molecule has 0 saturated heterocycles. The van der Waals surface area contributed by atoms with Crippen molar-refractivity contribution in [3.63, 3.8) is 0 Å². The maximum Gasteiger partial charge on any atom is 0.270 e. The highest BCUT2D eigenvalue weighted by Gasteiger charge is 2.18. The molecule has 0 aliphatic heterocycles. The van der Waals surface area contributed by atoms with Gasteiger partial charge >= 0.3 is 0 Å². The summed E-state index contributed by atoms with van der Waals surface area (Å²) in [6.45, 7) is 3.96. The molecule has 6 nitrogen and oxygen atoms in total. The zero-order valence-corrected chi connectivity index (χ0v) is 16.0. The molecule has 0 aliphatic rings. The number of rotatable bonds is 6. The molecule has 124 valence electrons. The number of nitrogens with zero attached hydrogens (tertiary/aromatic N) is 2. The highest BCUT2D eigenvalue weighted by atomic mass is 127. The summed E-state index contributed by atoms with van der Waals surface area (Å²) in [7, 11) is 1.53. The number of aromatic nitrogens is 2. The monoisotopic (exact) mass is 455 g/mol. The van der Waals surface area contributed by atoms with Gasteiger partial charge in [0.1, 0.15) is 18.2 Å². The molecule has 24 heavy (non-hydrogen) atoms. The Bertz CT molecular complexity index is 874. The van der Waals surface area contributed by atoms with Crippen LogP contribution < -0.4 is 15.0 Å². The number of hydrogen-bond donors (Lipinski definition) is 1. The number of hydrogen-bond acceptors (Lipinski definition) is 6. The largest absolute Gasteiger partial charge is 0.493 e. The molecule has 1 N–H and O–H groups in total. The van der Waals surface area contributed by atoms with Gasteiger partial charge in [0, 0.05) is 5.56 Å². The molecule has 0 spiro atoms. The molecule has 0 saturated carbocycles. The summed E-state index contributed by atoms with van der Waals surface area (Å²) in [6.07, 6.45) is 3.44. The summed E-state index contributed by atoms with van der Waals surface area (Å²) in [5, 5.41) is 9.74. The van der Waals surface area contributed by atoms with Crippen LogP contribution in [0.2, 0.25) is 0 Å². The van der Waals surface area contributed by atoms with Crippen LogP contribution in [0.5, 0.6) is 11.5 Å². The molecule has 0 amide bonds. The lowest BCUT2D eigenvalue weighted by Crippen LogP contribution is -2.14. The third kappa shape index (κ3) is 3.73.